The summed E-state index contributed by atoms with van der Waals surface area (Å²) >= 11 is 0. The number of ether oxygens (including phenoxy) is 3. The van der Waals surface area contributed by atoms with Gasteiger partial charge in [0.1, 0.15) is 6.10 Å². The molecule has 0 saturated carbocycles. The van der Waals surface area contributed by atoms with Crippen molar-refractivity contribution in [1.82, 2.24) is 0 Å². The van der Waals surface area contributed by atoms with Crippen molar-refractivity contribution in [3.05, 3.63) is 144 Å². The van der Waals surface area contributed by atoms with Crippen LogP contribution in [0.5, 0.6) is 0 Å². The normalized spacial score (nSPS) is 11.6. The molecule has 0 heterocycles. The highest BCUT2D eigenvalue weighted by molar-refractivity contribution is 6.02. The lowest BCUT2D eigenvalue weighted by molar-refractivity contribution is -0.176. The molecule has 1 atom stereocenters. The molecule has 4 rings (SSSR count). The highest BCUT2D eigenvalue weighted by Gasteiger charge is 2.41. The summed E-state index contributed by atoms with van der Waals surface area (Å²) in [6, 6.07) is 37.0. The molecule has 0 spiro atoms. The molecule has 0 fully saturated rings. The molecule has 1 unspecified atom stereocenters. The monoisotopic (exact) mass is 496 g/mol. The highest BCUT2D eigenvalue weighted by atomic mass is 16.7. The van der Waals surface area contributed by atoms with Gasteiger partial charge in [0.05, 0.1) is 0 Å². The minimum Gasteiger partial charge on any atom is -0.366 e. The van der Waals surface area contributed by atoms with Gasteiger partial charge in [-0.3, -0.25) is 9.59 Å². The molecule has 0 aliphatic heterocycles. The van der Waals surface area contributed by atoms with E-state index in [4.69, 9.17) is 14.2 Å². The third kappa shape index (κ3) is 6.86. The van der Waals surface area contributed by atoms with Crippen LogP contribution < -0.4 is 0 Å². The minimum absolute atomic E-state index is 0.00338. The first-order valence-corrected chi connectivity index (χ1v) is 12.1. The Morgan fingerprint density at radius 2 is 1.08 bits per heavy atom. The standard InChI is InChI=1S/C16H16O3.C16H16O2/c1-18-16(19-2,14-11-7-4-8-12-14)15(17)13-9-5-3-6-10-13;1-2-18-16(14-11-7-4-8-12-14)15(17)13-9-5-3-6-10-13/h3-12H,1-2H3;3-12,16H,2H2,1H3. The summed E-state index contributed by atoms with van der Waals surface area (Å²) < 4.78 is 16.4. The third-order valence-corrected chi connectivity index (χ3v) is 5.80. The van der Waals surface area contributed by atoms with Gasteiger partial charge in [-0.05, 0) is 12.5 Å². The summed E-state index contributed by atoms with van der Waals surface area (Å²) in [5.74, 6) is -1.62. The van der Waals surface area contributed by atoms with Gasteiger partial charge in [-0.25, -0.2) is 0 Å². The molecule has 0 N–H and O–H groups in total. The molecule has 5 heteroatoms. The molecule has 4 aromatic rings. The number of rotatable bonds is 10. The minimum atomic E-state index is -1.40. The van der Waals surface area contributed by atoms with E-state index >= 15 is 0 Å². The molecule has 0 aliphatic carbocycles. The van der Waals surface area contributed by atoms with Crippen molar-refractivity contribution in [3.8, 4) is 0 Å². The topological polar surface area (TPSA) is 61.8 Å². The Bertz CT molecular complexity index is 1220. The predicted octanol–water partition coefficient (Wildman–Crippen LogP) is 6.66. The molecule has 37 heavy (non-hydrogen) atoms. The molecule has 0 amide bonds. The molecule has 4 aromatic carbocycles. The lowest BCUT2D eigenvalue weighted by Crippen LogP contribution is -2.39. The first kappa shape index (κ1) is 27.7. The van der Waals surface area contributed by atoms with Crippen molar-refractivity contribution in [2.45, 2.75) is 18.8 Å². The maximum absolute atomic E-state index is 12.7. The van der Waals surface area contributed by atoms with Gasteiger partial charge in [-0.1, -0.05) is 121 Å². The van der Waals surface area contributed by atoms with Crippen LogP contribution in [0.3, 0.4) is 0 Å². The lowest BCUT2D eigenvalue weighted by Gasteiger charge is -2.29. The Balaban J connectivity index is 0.000000206. The van der Waals surface area contributed by atoms with Crippen LogP contribution >= 0.6 is 0 Å². The Hall–Kier alpha value is -3.90. The second-order valence-electron chi connectivity index (χ2n) is 8.06. The zero-order valence-electron chi connectivity index (χ0n) is 21.4. The van der Waals surface area contributed by atoms with E-state index in [0.717, 1.165) is 5.56 Å². The van der Waals surface area contributed by atoms with Crippen molar-refractivity contribution in [2.75, 3.05) is 20.8 Å². The van der Waals surface area contributed by atoms with E-state index < -0.39 is 11.9 Å². The van der Waals surface area contributed by atoms with Crippen LogP contribution in [0.4, 0.5) is 0 Å². The van der Waals surface area contributed by atoms with Crippen molar-refractivity contribution in [3.63, 3.8) is 0 Å². The van der Waals surface area contributed by atoms with E-state index in [2.05, 4.69) is 0 Å². The Morgan fingerprint density at radius 3 is 1.54 bits per heavy atom. The van der Waals surface area contributed by atoms with Crippen LogP contribution in [0.15, 0.2) is 121 Å². The maximum Gasteiger partial charge on any atom is 0.260 e. The van der Waals surface area contributed by atoms with Gasteiger partial charge in [0.25, 0.3) is 5.79 Å². The number of methoxy groups -OCH3 is 2. The summed E-state index contributed by atoms with van der Waals surface area (Å²) in [5.41, 5.74) is 2.80. The zero-order valence-corrected chi connectivity index (χ0v) is 21.4. The van der Waals surface area contributed by atoms with Gasteiger partial charge in [0.15, 0.2) is 5.78 Å². The van der Waals surface area contributed by atoms with Crippen LogP contribution in [0, 0.1) is 0 Å². The van der Waals surface area contributed by atoms with Crippen molar-refractivity contribution < 1.29 is 23.8 Å². The van der Waals surface area contributed by atoms with Crippen molar-refractivity contribution >= 4 is 11.6 Å². The third-order valence-electron chi connectivity index (χ3n) is 5.80. The number of carbonyl (C=O) groups is 2. The number of carbonyl (C=O) groups excluding carboxylic acids is 2. The summed E-state index contributed by atoms with van der Waals surface area (Å²) in [6.45, 7) is 2.41. The van der Waals surface area contributed by atoms with E-state index in [1.807, 2.05) is 116 Å². The van der Waals surface area contributed by atoms with Crippen molar-refractivity contribution in [2.24, 2.45) is 0 Å². The van der Waals surface area contributed by atoms with Gasteiger partial charge < -0.3 is 14.2 Å². The molecule has 0 radical (unpaired) electrons. The fraction of sp³-hybridized carbons (Fsp3) is 0.188. The van der Waals surface area contributed by atoms with E-state index in [9.17, 15) is 9.59 Å². The largest absolute Gasteiger partial charge is 0.366 e. The van der Waals surface area contributed by atoms with Gasteiger partial charge in [0, 0.05) is 37.5 Å². The fourth-order valence-electron chi connectivity index (χ4n) is 3.94. The zero-order chi connectivity index (χ0) is 26.5. The molecular formula is C32H32O5. The number of hydrogen-bond donors (Lipinski definition) is 0. The highest BCUT2D eigenvalue weighted by Crippen LogP contribution is 2.30. The smallest absolute Gasteiger partial charge is 0.260 e. The Labute approximate surface area is 218 Å². The average Bonchev–Trinajstić information content (AvgIpc) is 2.98. The SMILES string of the molecule is CCOC(C(=O)c1ccccc1)c1ccccc1.COC(OC)(C(=O)c1ccccc1)c1ccccc1. The molecule has 190 valence electrons. The number of Topliss-reactive ketones (excluding diaryl/α,β-unsaturated/α-hetero) is 2. The Morgan fingerprint density at radius 1 is 0.649 bits per heavy atom. The van der Waals surface area contributed by atoms with Crippen LogP contribution in [0.2, 0.25) is 0 Å². The lowest BCUT2D eigenvalue weighted by atomic mass is 9.96. The first-order valence-electron chi connectivity index (χ1n) is 12.1. The van der Waals surface area contributed by atoms with Crippen LogP contribution in [-0.4, -0.2) is 32.4 Å². The fourth-order valence-corrected chi connectivity index (χ4v) is 3.94. The average molecular weight is 497 g/mol. The molecule has 0 bridgehead atoms. The molecule has 5 nitrogen and oxygen atoms in total. The number of hydrogen-bond acceptors (Lipinski definition) is 5. The summed E-state index contributed by atoms with van der Waals surface area (Å²) in [4.78, 5) is 25.1. The van der Waals surface area contributed by atoms with Gasteiger partial charge in [-0.2, -0.15) is 0 Å². The summed E-state index contributed by atoms with van der Waals surface area (Å²) in [5, 5.41) is 0. The maximum atomic E-state index is 12.7. The van der Waals surface area contributed by atoms with Crippen LogP contribution in [0.25, 0.3) is 0 Å². The van der Waals surface area contributed by atoms with Gasteiger partial charge >= 0.3 is 0 Å². The molecule has 0 aliphatic rings. The van der Waals surface area contributed by atoms with Gasteiger partial charge in [0.2, 0.25) is 5.78 Å². The van der Waals surface area contributed by atoms with Crippen LogP contribution in [0.1, 0.15) is 44.9 Å². The quantitative estimate of drug-likeness (QED) is 0.181. The van der Waals surface area contributed by atoms with E-state index in [-0.39, 0.29) is 11.6 Å². The van der Waals surface area contributed by atoms with Gasteiger partial charge in [-0.15, -0.1) is 0 Å². The van der Waals surface area contributed by atoms with Crippen molar-refractivity contribution in [1.29, 1.82) is 0 Å². The van der Waals surface area contributed by atoms with E-state index in [1.54, 1.807) is 12.1 Å². The van der Waals surface area contributed by atoms with E-state index in [1.165, 1.54) is 14.2 Å². The second-order valence-corrected chi connectivity index (χ2v) is 8.06. The summed E-state index contributed by atoms with van der Waals surface area (Å²) in [7, 11) is 2.94. The second kappa shape index (κ2) is 14.0. The number of ketones is 2. The Kier molecular flexibility index (Phi) is 10.5. The van der Waals surface area contributed by atoms with Crippen LogP contribution in [-0.2, 0) is 20.0 Å². The summed E-state index contributed by atoms with van der Waals surface area (Å²) in [6.07, 6.45) is -0.515. The molecule has 0 aromatic heterocycles. The first-order chi connectivity index (χ1) is 18.1. The molecule has 0 saturated heterocycles. The van der Waals surface area contributed by atoms with E-state index in [0.29, 0.717) is 23.3 Å². The predicted molar refractivity (Wildman–Crippen MR) is 144 cm³/mol. The number of benzene rings is 4. The molecular weight excluding hydrogens is 464 g/mol.